The van der Waals surface area contributed by atoms with E-state index in [1.54, 1.807) is 0 Å². The molecule has 20 heavy (non-hydrogen) atoms. The van der Waals surface area contributed by atoms with Gasteiger partial charge in [-0.05, 0) is 46.6 Å². The van der Waals surface area contributed by atoms with Crippen molar-refractivity contribution in [2.75, 3.05) is 0 Å². The number of alkyl halides is 1. The van der Waals surface area contributed by atoms with Crippen LogP contribution < -0.4 is 0 Å². The van der Waals surface area contributed by atoms with Crippen LogP contribution in [-0.2, 0) is 0 Å². The Hall–Kier alpha value is -0.520. The van der Waals surface area contributed by atoms with Gasteiger partial charge in [0.2, 0.25) is 0 Å². The number of aryl methyl sites for hydroxylation is 1. The Bertz CT molecular complexity index is 616. The lowest BCUT2D eigenvalue weighted by Gasteiger charge is -2.15. The van der Waals surface area contributed by atoms with Crippen LogP contribution in [0.4, 0.5) is 13.2 Å². The van der Waals surface area contributed by atoms with Gasteiger partial charge in [0, 0.05) is 21.7 Å². The molecule has 0 fully saturated rings. The van der Waals surface area contributed by atoms with E-state index in [0.29, 0.717) is 9.50 Å². The van der Waals surface area contributed by atoms with E-state index in [0.717, 1.165) is 6.07 Å². The summed E-state index contributed by atoms with van der Waals surface area (Å²) in [4.78, 5) is -0.757. The average Bonchev–Trinajstić information content (AvgIpc) is 2.37. The molecule has 0 spiro atoms. The highest BCUT2D eigenvalue weighted by Gasteiger charge is 2.21. The number of hydrogen-bond donors (Lipinski definition) is 0. The number of rotatable bonds is 2. The maximum atomic E-state index is 14.0. The lowest BCUT2D eigenvalue weighted by atomic mass is 10.0. The lowest BCUT2D eigenvalue weighted by Crippen LogP contribution is -2.02. The van der Waals surface area contributed by atoms with E-state index in [4.69, 9.17) is 11.6 Å². The van der Waals surface area contributed by atoms with E-state index in [1.807, 2.05) is 0 Å². The molecule has 1 unspecified atom stereocenters. The van der Waals surface area contributed by atoms with Crippen LogP contribution in [-0.4, -0.2) is 0 Å². The highest BCUT2D eigenvalue weighted by Crippen LogP contribution is 2.38. The second-order valence-electron chi connectivity index (χ2n) is 4.27. The van der Waals surface area contributed by atoms with E-state index in [2.05, 4.69) is 31.9 Å². The van der Waals surface area contributed by atoms with Crippen molar-refractivity contribution in [3.63, 3.8) is 0 Å². The van der Waals surface area contributed by atoms with Gasteiger partial charge in [-0.25, -0.2) is 13.2 Å². The third-order valence-corrected chi connectivity index (χ3v) is 5.05. The van der Waals surface area contributed by atoms with Crippen LogP contribution in [0.3, 0.4) is 0 Å². The summed E-state index contributed by atoms with van der Waals surface area (Å²) >= 11 is 12.3. The van der Waals surface area contributed by atoms with Gasteiger partial charge >= 0.3 is 0 Å². The van der Waals surface area contributed by atoms with Crippen molar-refractivity contribution in [1.29, 1.82) is 0 Å². The van der Waals surface area contributed by atoms with Crippen LogP contribution in [0.15, 0.2) is 28.7 Å². The topological polar surface area (TPSA) is 0 Å². The molecule has 2 aromatic rings. The Morgan fingerprint density at radius 3 is 2.15 bits per heavy atom. The second-order valence-corrected chi connectivity index (χ2v) is 6.45. The van der Waals surface area contributed by atoms with Crippen LogP contribution in [0, 0.1) is 24.4 Å². The molecule has 0 aliphatic carbocycles. The summed E-state index contributed by atoms with van der Waals surface area (Å²) in [5.41, 5.74) is 0.624. The first-order valence-electron chi connectivity index (χ1n) is 5.55. The molecule has 0 N–H and O–H groups in total. The quantitative estimate of drug-likeness (QED) is 0.388. The molecular weight excluding hydrogens is 420 g/mol. The smallest absolute Gasteiger partial charge is 0.130 e. The molecule has 0 nitrogen and oxygen atoms in total. The van der Waals surface area contributed by atoms with Crippen molar-refractivity contribution < 1.29 is 13.2 Å². The molecule has 0 aromatic heterocycles. The third-order valence-electron chi connectivity index (χ3n) is 2.86. The average molecular weight is 428 g/mol. The summed E-state index contributed by atoms with van der Waals surface area (Å²) in [6, 6.07) is 4.75. The maximum absolute atomic E-state index is 14.0. The zero-order valence-corrected chi connectivity index (χ0v) is 14.1. The first-order valence-corrected chi connectivity index (χ1v) is 7.64. The van der Waals surface area contributed by atoms with Crippen LogP contribution in [0.5, 0.6) is 0 Å². The van der Waals surface area contributed by atoms with Gasteiger partial charge in [-0.2, -0.15) is 0 Å². The van der Waals surface area contributed by atoms with E-state index in [1.165, 1.54) is 25.1 Å². The zero-order valence-electron chi connectivity index (χ0n) is 10.2. The fourth-order valence-corrected chi connectivity index (χ4v) is 2.96. The summed E-state index contributed by atoms with van der Waals surface area (Å²) in [7, 11) is 0. The van der Waals surface area contributed by atoms with Gasteiger partial charge in [-0.3, -0.25) is 0 Å². The predicted molar refractivity (Wildman–Crippen MR) is 81.0 cm³/mol. The molecule has 2 aromatic carbocycles. The van der Waals surface area contributed by atoms with Gasteiger partial charge in [0.1, 0.15) is 17.5 Å². The Labute approximate surface area is 136 Å². The molecule has 0 heterocycles. The van der Waals surface area contributed by atoms with Crippen LogP contribution in [0.2, 0.25) is 5.02 Å². The van der Waals surface area contributed by atoms with Gasteiger partial charge in [-0.15, -0.1) is 0 Å². The minimum Gasteiger partial charge on any atom is -0.207 e. The largest absolute Gasteiger partial charge is 0.207 e. The van der Waals surface area contributed by atoms with Crippen molar-refractivity contribution >= 4 is 43.5 Å². The SMILES string of the molecule is Cc1cc(C(Br)c2cc(Cl)c(Br)cc2F)c(F)cc1F. The second kappa shape index (κ2) is 6.08. The lowest BCUT2D eigenvalue weighted by molar-refractivity contribution is 0.566. The van der Waals surface area contributed by atoms with Crippen LogP contribution >= 0.6 is 43.5 Å². The molecule has 6 heteroatoms. The fourth-order valence-electron chi connectivity index (χ4n) is 1.77. The molecule has 0 saturated carbocycles. The Morgan fingerprint density at radius 1 is 0.950 bits per heavy atom. The van der Waals surface area contributed by atoms with E-state index in [9.17, 15) is 13.2 Å². The summed E-state index contributed by atoms with van der Waals surface area (Å²) < 4.78 is 41.5. The molecule has 0 bridgehead atoms. The Morgan fingerprint density at radius 2 is 1.50 bits per heavy atom. The van der Waals surface area contributed by atoms with Gasteiger partial charge in [0.15, 0.2) is 0 Å². The van der Waals surface area contributed by atoms with Gasteiger partial charge in [0.05, 0.1) is 9.85 Å². The standard InChI is InChI=1S/C14H8Br2ClF3/c1-6-2-7(13(20)5-11(6)18)14(16)8-3-10(17)9(15)4-12(8)19/h2-5,14H,1H3. The molecule has 0 aliphatic rings. The summed E-state index contributed by atoms with van der Waals surface area (Å²) in [6.07, 6.45) is 0. The molecule has 0 amide bonds. The molecule has 106 valence electrons. The molecule has 0 radical (unpaired) electrons. The van der Waals surface area contributed by atoms with Crippen molar-refractivity contribution in [3.8, 4) is 0 Å². The molecule has 1 atom stereocenters. The van der Waals surface area contributed by atoms with Gasteiger partial charge in [-0.1, -0.05) is 27.5 Å². The minimum atomic E-state index is -0.757. The summed E-state index contributed by atoms with van der Waals surface area (Å²) in [5.74, 6) is -1.92. The van der Waals surface area contributed by atoms with Crippen LogP contribution in [0.25, 0.3) is 0 Å². The van der Waals surface area contributed by atoms with Crippen LogP contribution in [0.1, 0.15) is 21.5 Å². The molecular formula is C14H8Br2ClF3. The molecule has 2 rings (SSSR count). The number of halogens is 6. The normalized spacial score (nSPS) is 12.6. The Balaban J connectivity index is 2.54. The summed E-state index contributed by atoms with van der Waals surface area (Å²) in [6.45, 7) is 1.52. The zero-order chi connectivity index (χ0) is 15.0. The highest BCUT2D eigenvalue weighted by atomic mass is 79.9. The maximum Gasteiger partial charge on any atom is 0.130 e. The number of hydrogen-bond acceptors (Lipinski definition) is 0. The van der Waals surface area contributed by atoms with Gasteiger partial charge < -0.3 is 0 Å². The first kappa shape index (κ1) is 15.9. The van der Waals surface area contributed by atoms with E-state index >= 15 is 0 Å². The molecule has 0 aliphatic heterocycles. The van der Waals surface area contributed by atoms with Crippen molar-refractivity contribution in [2.45, 2.75) is 11.8 Å². The van der Waals surface area contributed by atoms with Crippen molar-refractivity contribution in [2.24, 2.45) is 0 Å². The highest BCUT2D eigenvalue weighted by molar-refractivity contribution is 9.10. The van der Waals surface area contributed by atoms with Gasteiger partial charge in [0.25, 0.3) is 0 Å². The monoisotopic (exact) mass is 426 g/mol. The fraction of sp³-hybridized carbons (Fsp3) is 0.143. The molecule has 0 saturated heterocycles. The van der Waals surface area contributed by atoms with E-state index < -0.39 is 22.3 Å². The Kier molecular flexibility index (Phi) is 4.82. The van der Waals surface area contributed by atoms with Crippen molar-refractivity contribution in [1.82, 2.24) is 0 Å². The summed E-state index contributed by atoms with van der Waals surface area (Å²) in [5, 5.41) is 0.310. The van der Waals surface area contributed by atoms with Crippen molar-refractivity contribution in [3.05, 3.63) is 67.9 Å². The predicted octanol–water partition coefficient (Wildman–Crippen LogP) is 6.31. The third kappa shape index (κ3) is 3.05. The minimum absolute atomic E-state index is 0.154. The number of benzene rings is 2. The van der Waals surface area contributed by atoms with E-state index in [-0.39, 0.29) is 16.7 Å². The first-order chi connectivity index (χ1) is 9.31.